The molecule has 0 spiro atoms. The fraction of sp³-hybridized carbons (Fsp3) is 0.267. The van der Waals surface area contributed by atoms with Gasteiger partial charge in [-0.05, 0) is 76.0 Å². The van der Waals surface area contributed by atoms with E-state index in [9.17, 15) is 4.79 Å². The number of amides is 1. The van der Waals surface area contributed by atoms with Gasteiger partial charge in [0.25, 0.3) is 5.91 Å². The molecule has 0 radical (unpaired) electrons. The SMILES string of the molecule is O=C(c1ccc(I)c(Cl)c1)N(Cc1ccsc1)C1CC1. The first-order valence-corrected chi connectivity index (χ1v) is 8.82. The number of benzene rings is 1. The summed E-state index contributed by atoms with van der Waals surface area (Å²) in [7, 11) is 0. The quantitative estimate of drug-likeness (QED) is 0.654. The number of rotatable bonds is 4. The van der Waals surface area contributed by atoms with Crippen molar-refractivity contribution in [2.24, 2.45) is 0 Å². The van der Waals surface area contributed by atoms with Gasteiger partial charge in [-0.1, -0.05) is 11.6 Å². The van der Waals surface area contributed by atoms with Gasteiger partial charge in [-0.25, -0.2) is 0 Å². The van der Waals surface area contributed by atoms with E-state index in [1.165, 1.54) is 5.56 Å². The van der Waals surface area contributed by atoms with Crippen LogP contribution >= 0.6 is 45.5 Å². The van der Waals surface area contributed by atoms with Gasteiger partial charge < -0.3 is 4.90 Å². The maximum atomic E-state index is 12.7. The minimum Gasteiger partial charge on any atom is -0.331 e. The van der Waals surface area contributed by atoms with Crippen LogP contribution in [-0.4, -0.2) is 16.8 Å². The molecule has 5 heteroatoms. The molecule has 1 fully saturated rings. The predicted molar refractivity (Wildman–Crippen MR) is 91.4 cm³/mol. The molecular formula is C15H13ClINOS. The Morgan fingerprint density at radius 3 is 2.80 bits per heavy atom. The standard InChI is InChI=1S/C15H13ClINOS/c16-13-7-11(1-4-14(13)17)15(19)18(12-2-3-12)8-10-5-6-20-9-10/h1,4-7,9,12H,2-3,8H2. The first kappa shape index (κ1) is 14.4. The van der Waals surface area contributed by atoms with Crippen LogP contribution in [0.15, 0.2) is 35.0 Å². The summed E-state index contributed by atoms with van der Waals surface area (Å²) >= 11 is 9.96. The molecule has 1 saturated carbocycles. The zero-order valence-corrected chi connectivity index (χ0v) is 14.4. The van der Waals surface area contributed by atoms with Crippen molar-refractivity contribution in [3.8, 4) is 0 Å². The molecular weight excluding hydrogens is 405 g/mol. The molecule has 104 valence electrons. The molecule has 1 aliphatic rings. The third-order valence-corrected chi connectivity index (χ3v) is 5.65. The van der Waals surface area contributed by atoms with E-state index in [0.717, 1.165) is 16.4 Å². The molecule has 2 nitrogen and oxygen atoms in total. The van der Waals surface area contributed by atoms with Gasteiger partial charge in [0.2, 0.25) is 0 Å². The van der Waals surface area contributed by atoms with Crippen molar-refractivity contribution >= 4 is 51.4 Å². The smallest absolute Gasteiger partial charge is 0.254 e. The van der Waals surface area contributed by atoms with E-state index in [0.29, 0.717) is 23.2 Å². The van der Waals surface area contributed by atoms with Crippen LogP contribution in [-0.2, 0) is 6.54 Å². The van der Waals surface area contributed by atoms with Crippen molar-refractivity contribution in [2.45, 2.75) is 25.4 Å². The van der Waals surface area contributed by atoms with E-state index in [-0.39, 0.29) is 5.91 Å². The van der Waals surface area contributed by atoms with Crippen LogP contribution in [0.2, 0.25) is 5.02 Å². The molecule has 1 amide bonds. The molecule has 3 rings (SSSR count). The Labute approximate surface area is 140 Å². The van der Waals surface area contributed by atoms with Crippen molar-refractivity contribution in [1.82, 2.24) is 4.90 Å². The zero-order chi connectivity index (χ0) is 14.1. The molecule has 1 heterocycles. The first-order valence-electron chi connectivity index (χ1n) is 6.42. The lowest BCUT2D eigenvalue weighted by molar-refractivity contribution is 0.0730. The monoisotopic (exact) mass is 417 g/mol. The van der Waals surface area contributed by atoms with E-state index in [1.807, 2.05) is 22.4 Å². The van der Waals surface area contributed by atoms with E-state index in [1.54, 1.807) is 17.4 Å². The van der Waals surface area contributed by atoms with Crippen LogP contribution in [0.25, 0.3) is 0 Å². The minimum atomic E-state index is 0.0806. The summed E-state index contributed by atoms with van der Waals surface area (Å²) in [6, 6.07) is 7.99. The summed E-state index contributed by atoms with van der Waals surface area (Å²) in [5.41, 5.74) is 1.88. The van der Waals surface area contributed by atoms with Crippen molar-refractivity contribution < 1.29 is 4.79 Å². The maximum Gasteiger partial charge on any atom is 0.254 e. The van der Waals surface area contributed by atoms with Gasteiger partial charge >= 0.3 is 0 Å². The lowest BCUT2D eigenvalue weighted by Crippen LogP contribution is -2.32. The van der Waals surface area contributed by atoms with E-state index >= 15 is 0 Å². The number of thiophene rings is 1. The highest BCUT2D eigenvalue weighted by atomic mass is 127. The molecule has 0 aliphatic heterocycles. The molecule has 0 N–H and O–H groups in total. The molecule has 0 unspecified atom stereocenters. The Hall–Kier alpha value is -0.590. The average molecular weight is 418 g/mol. The largest absolute Gasteiger partial charge is 0.331 e. The summed E-state index contributed by atoms with van der Waals surface area (Å²) < 4.78 is 0.969. The Kier molecular flexibility index (Phi) is 4.33. The second-order valence-electron chi connectivity index (χ2n) is 4.92. The van der Waals surface area contributed by atoms with Gasteiger partial charge in [0.1, 0.15) is 0 Å². The van der Waals surface area contributed by atoms with Gasteiger partial charge in [-0.15, -0.1) is 0 Å². The minimum absolute atomic E-state index is 0.0806. The van der Waals surface area contributed by atoms with Crippen LogP contribution in [0.5, 0.6) is 0 Å². The second kappa shape index (κ2) is 6.03. The number of carbonyl (C=O) groups is 1. The Balaban J connectivity index is 1.83. The van der Waals surface area contributed by atoms with Gasteiger partial charge in [-0.3, -0.25) is 4.79 Å². The van der Waals surface area contributed by atoms with Crippen LogP contribution < -0.4 is 0 Å². The first-order chi connectivity index (χ1) is 9.65. The second-order valence-corrected chi connectivity index (χ2v) is 7.27. The van der Waals surface area contributed by atoms with Gasteiger partial charge in [0.15, 0.2) is 0 Å². The molecule has 20 heavy (non-hydrogen) atoms. The number of carbonyl (C=O) groups excluding carboxylic acids is 1. The topological polar surface area (TPSA) is 20.3 Å². The van der Waals surface area contributed by atoms with Crippen LogP contribution in [0.3, 0.4) is 0 Å². The Morgan fingerprint density at radius 2 is 2.20 bits per heavy atom. The molecule has 1 aromatic carbocycles. The molecule has 2 aromatic rings. The van der Waals surface area contributed by atoms with E-state index in [2.05, 4.69) is 34.0 Å². The van der Waals surface area contributed by atoms with E-state index < -0.39 is 0 Å². The van der Waals surface area contributed by atoms with Crippen molar-refractivity contribution in [3.05, 3.63) is 54.7 Å². The van der Waals surface area contributed by atoms with Gasteiger partial charge in [0.05, 0.1) is 5.02 Å². The number of hydrogen-bond donors (Lipinski definition) is 0. The summed E-state index contributed by atoms with van der Waals surface area (Å²) in [6.07, 6.45) is 2.21. The Bertz CT molecular complexity index is 625. The van der Waals surface area contributed by atoms with E-state index in [4.69, 9.17) is 11.6 Å². The van der Waals surface area contributed by atoms with Gasteiger partial charge in [0, 0.05) is 21.7 Å². The Morgan fingerprint density at radius 1 is 1.40 bits per heavy atom. The number of halogens is 2. The lowest BCUT2D eigenvalue weighted by Gasteiger charge is -2.22. The van der Waals surface area contributed by atoms with Crippen LogP contribution in [0.1, 0.15) is 28.8 Å². The lowest BCUT2D eigenvalue weighted by atomic mass is 10.2. The third kappa shape index (κ3) is 3.18. The number of nitrogens with zero attached hydrogens (tertiary/aromatic N) is 1. The summed E-state index contributed by atoms with van der Waals surface area (Å²) in [5, 5.41) is 4.79. The van der Waals surface area contributed by atoms with Crippen LogP contribution in [0.4, 0.5) is 0 Å². The van der Waals surface area contributed by atoms with Crippen molar-refractivity contribution in [3.63, 3.8) is 0 Å². The molecule has 0 atom stereocenters. The highest BCUT2D eigenvalue weighted by molar-refractivity contribution is 14.1. The fourth-order valence-electron chi connectivity index (χ4n) is 2.13. The average Bonchev–Trinajstić information content (AvgIpc) is 3.15. The number of hydrogen-bond acceptors (Lipinski definition) is 2. The zero-order valence-electron chi connectivity index (χ0n) is 10.7. The molecule has 1 aliphatic carbocycles. The molecule has 1 aromatic heterocycles. The fourth-order valence-corrected chi connectivity index (χ4v) is 3.30. The summed E-state index contributed by atoms with van der Waals surface area (Å²) in [4.78, 5) is 14.7. The van der Waals surface area contributed by atoms with Gasteiger partial charge in [-0.2, -0.15) is 11.3 Å². The summed E-state index contributed by atoms with van der Waals surface area (Å²) in [6.45, 7) is 0.691. The van der Waals surface area contributed by atoms with Crippen molar-refractivity contribution in [1.29, 1.82) is 0 Å². The van der Waals surface area contributed by atoms with Crippen LogP contribution in [0, 0.1) is 3.57 Å². The highest BCUT2D eigenvalue weighted by Crippen LogP contribution is 2.31. The third-order valence-electron chi connectivity index (χ3n) is 3.35. The normalized spacial score (nSPS) is 14.3. The highest BCUT2D eigenvalue weighted by Gasteiger charge is 2.33. The maximum absolute atomic E-state index is 12.7. The summed E-state index contributed by atoms with van der Waals surface area (Å²) in [5.74, 6) is 0.0806. The van der Waals surface area contributed by atoms with Crippen molar-refractivity contribution in [2.75, 3.05) is 0 Å². The molecule has 0 saturated heterocycles. The molecule has 0 bridgehead atoms. The predicted octanol–water partition coefficient (Wildman–Crippen LogP) is 4.81.